The maximum Gasteiger partial charge on any atom is 0.273 e. The monoisotopic (exact) mass is 356 g/mol. The highest BCUT2D eigenvalue weighted by atomic mass is 32.1. The maximum atomic E-state index is 13.0. The Labute approximate surface area is 148 Å². The van der Waals surface area contributed by atoms with Gasteiger partial charge in [0.2, 0.25) is 11.6 Å². The number of carbonyl (C=O) groups is 3. The van der Waals surface area contributed by atoms with Crippen LogP contribution in [0.4, 0.5) is 10.8 Å². The summed E-state index contributed by atoms with van der Waals surface area (Å²) < 4.78 is 0. The number of benzene rings is 1. The van der Waals surface area contributed by atoms with Crippen LogP contribution in [-0.4, -0.2) is 28.4 Å². The molecular formula is C17H16N4O3S. The van der Waals surface area contributed by atoms with E-state index >= 15 is 0 Å². The van der Waals surface area contributed by atoms with Crippen molar-refractivity contribution in [1.29, 1.82) is 0 Å². The lowest BCUT2D eigenvalue weighted by atomic mass is 9.99. The van der Waals surface area contributed by atoms with Gasteiger partial charge in [-0.25, -0.2) is 4.98 Å². The molecule has 1 aromatic heterocycles. The molecule has 0 saturated carbocycles. The van der Waals surface area contributed by atoms with Crippen molar-refractivity contribution in [2.75, 3.05) is 10.2 Å². The van der Waals surface area contributed by atoms with Gasteiger partial charge in [0.15, 0.2) is 5.13 Å². The Morgan fingerprint density at radius 1 is 1.32 bits per heavy atom. The number of para-hydroxylation sites is 1. The molecular weight excluding hydrogens is 340 g/mol. The second-order valence-corrected chi connectivity index (χ2v) is 7.38. The predicted octanol–water partition coefficient (Wildman–Crippen LogP) is 1.97. The minimum Gasteiger partial charge on any atom is -0.321 e. The van der Waals surface area contributed by atoms with Crippen molar-refractivity contribution < 1.29 is 14.4 Å². The Bertz CT molecular complexity index is 903. The summed E-state index contributed by atoms with van der Waals surface area (Å²) in [7, 11) is 0. The molecule has 1 saturated heterocycles. The number of carbonyl (C=O) groups excluding carboxylic acids is 3. The third-order valence-corrected chi connectivity index (χ3v) is 5.65. The van der Waals surface area contributed by atoms with Gasteiger partial charge in [-0.05, 0) is 26.0 Å². The predicted molar refractivity (Wildman–Crippen MR) is 93.6 cm³/mol. The lowest BCUT2D eigenvalue weighted by molar-refractivity contribution is -0.124. The van der Waals surface area contributed by atoms with E-state index in [0.29, 0.717) is 16.4 Å². The van der Waals surface area contributed by atoms with Crippen LogP contribution in [0.1, 0.15) is 33.8 Å². The molecule has 8 heteroatoms. The number of anilines is 2. The SMILES string of the molecule is Cc1nc(NC(=O)[C@@]23CCC(=O)N2c2ccccc2C(=O)N3)sc1C. The van der Waals surface area contributed by atoms with Crippen LogP contribution in [-0.2, 0) is 9.59 Å². The molecule has 0 radical (unpaired) electrons. The summed E-state index contributed by atoms with van der Waals surface area (Å²) in [4.78, 5) is 44.8. The number of fused-ring (bicyclic) bond motifs is 3. The first kappa shape index (κ1) is 15.8. The molecule has 2 aliphatic rings. The molecule has 1 fully saturated rings. The van der Waals surface area contributed by atoms with Gasteiger partial charge in [0.25, 0.3) is 11.8 Å². The quantitative estimate of drug-likeness (QED) is 0.861. The lowest BCUT2D eigenvalue weighted by Gasteiger charge is -2.41. The number of rotatable bonds is 2. The van der Waals surface area contributed by atoms with Crippen molar-refractivity contribution >= 4 is 39.9 Å². The number of nitrogens with one attached hydrogen (secondary N) is 2. The number of hydrogen-bond acceptors (Lipinski definition) is 5. The Morgan fingerprint density at radius 2 is 2.08 bits per heavy atom. The van der Waals surface area contributed by atoms with E-state index in [4.69, 9.17) is 0 Å². The van der Waals surface area contributed by atoms with E-state index in [1.54, 1.807) is 24.3 Å². The van der Waals surface area contributed by atoms with Crippen molar-refractivity contribution in [3.63, 3.8) is 0 Å². The molecule has 0 spiro atoms. The standard InChI is InChI=1S/C17H16N4O3S/c1-9-10(2)25-16(18-9)19-15(24)17-8-7-13(22)21(17)12-6-4-3-5-11(12)14(23)20-17/h3-6H,7-8H2,1-2H3,(H,20,23)(H,18,19,24)/t17-/m1/s1. The normalized spacial score (nSPS) is 21.6. The molecule has 2 aromatic rings. The summed E-state index contributed by atoms with van der Waals surface area (Å²) in [6.07, 6.45) is 0.416. The number of nitrogens with zero attached hydrogens (tertiary/aromatic N) is 2. The molecule has 25 heavy (non-hydrogen) atoms. The molecule has 4 rings (SSSR count). The molecule has 3 amide bonds. The van der Waals surface area contributed by atoms with Crippen LogP contribution in [0.25, 0.3) is 0 Å². The van der Waals surface area contributed by atoms with E-state index in [-0.39, 0.29) is 24.7 Å². The fraction of sp³-hybridized carbons (Fsp3) is 0.294. The number of amides is 3. The van der Waals surface area contributed by atoms with Crippen LogP contribution in [0, 0.1) is 13.8 Å². The maximum absolute atomic E-state index is 13.0. The summed E-state index contributed by atoms with van der Waals surface area (Å²) >= 11 is 1.37. The van der Waals surface area contributed by atoms with Gasteiger partial charge in [-0.1, -0.05) is 12.1 Å². The zero-order chi connectivity index (χ0) is 17.8. The van der Waals surface area contributed by atoms with E-state index in [0.717, 1.165) is 10.6 Å². The highest BCUT2D eigenvalue weighted by molar-refractivity contribution is 7.15. The van der Waals surface area contributed by atoms with Crippen LogP contribution < -0.4 is 15.5 Å². The minimum absolute atomic E-state index is 0.186. The highest BCUT2D eigenvalue weighted by Crippen LogP contribution is 2.40. The molecule has 1 aromatic carbocycles. The topological polar surface area (TPSA) is 91.4 Å². The van der Waals surface area contributed by atoms with Crippen molar-refractivity contribution in [2.24, 2.45) is 0 Å². The second kappa shape index (κ2) is 5.38. The van der Waals surface area contributed by atoms with Crippen LogP contribution in [0.3, 0.4) is 0 Å². The number of aryl methyl sites for hydroxylation is 2. The van der Waals surface area contributed by atoms with E-state index < -0.39 is 11.6 Å². The summed E-state index contributed by atoms with van der Waals surface area (Å²) in [5.41, 5.74) is 0.295. The van der Waals surface area contributed by atoms with Gasteiger partial charge in [-0.2, -0.15) is 0 Å². The Balaban J connectivity index is 1.75. The zero-order valence-electron chi connectivity index (χ0n) is 13.8. The Kier molecular flexibility index (Phi) is 3.40. The molecule has 3 heterocycles. The minimum atomic E-state index is -1.41. The summed E-state index contributed by atoms with van der Waals surface area (Å²) in [6.45, 7) is 3.79. The van der Waals surface area contributed by atoms with Crippen LogP contribution in [0.5, 0.6) is 0 Å². The number of thiazole rings is 1. The smallest absolute Gasteiger partial charge is 0.273 e. The van der Waals surface area contributed by atoms with Crippen LogP contribution in [0.2, 0.25) is 0 Å². The largest absolute Gasteiger partial charge is 0.321 e. The highest BCUT2D eigenvalue weighted by Gasteiger charge is 2.56. The fourth-order valence-electron chi connectivity index (χ4n) is 3.30. The number of hydrogen-bond donors (Lipinski definition) is 2. The van der Waals surface area contributed by atoms with E-state index in [9.17, 15) is 14.4 Å². The van der Waals surface area contributed by atoms with Crippen molar-refractivity contribution in [3.05, 3.63) is 40.4 Å². The summed E-state index contributed by atoms with van der Waals surface area (Å²) in [5, 5.41) is 5.98. The molecule has 0 bridgehead atoms. The van der Waals surface area contributed by atoms with Gasteiger partial charge in [0.05, 0.1) is 16.9 Å². The first-order valence-electron chi connectivity index (χ1n) is 7.92. The lowest BCUT2D eigenvalue weighted by Crippen LogP contribution is -2.68. The molecule has 2 aliphatic heterocycles. The van der Waals surface area contributed by atoms with E-state index in [1.165, 1.54) is 16.2 Å². The first-order valence-corrected chi connectivity index (χ1v) is 8.74. The van der Waals surface area contributed by atoms with Gasteiger partial charge in [0.1, 0.15) is 0 Å². The summed E-state index contributed by atoms with van der Waals surface area (Å²) in [5.74, 6) is -0.993. The average Bonchev–Trinajstić information content (AvgIpc) is 3.08. The van der Waals surface area contributed by atoms with Crippen molar-refractivity contribution in [1.82, 2.24) is 10.3 Å². The van der Waals surface area contributed by atoms with E-state index in [2.05, 4.69) is 15.6 Å². The third kappa shape index (κ3) is 2.25. The average molecular weight is 356 g/mol. The fourth-order valence-corrected chi connectivity index (χ4v) is 4.11. The molecule has 0 aliphatic carbocycles. The molecule has 1 atom stereocenters. The molecule has 128 valence electrons. The Morgan fingerprint density at radius 3 is 2.80 bits per heavy atom. The second-order valence-electron chi connectivity index (χ2n) is 6.18. The summed E-state index contributed by atoms with van der Waals surface area (Å²) in [6, 6.07) is 6.81. The van der Waals surface area contributed by atoms with Crippen molar-refractivity contribution in [2.45, 2.75) is 32.4 Å². The van der Waals surface area contributed by atoms with Gasteiger partial charge in [-0.3, -0.25) is 24.6 Å². The first-order chi connectivity index (χ1) is 11.9. The van der Waals surface area contributed by atoms with Gasteiger partial charge < -0.3 is 5.32 Å². The van der Waals surface area contributed by atoms with Crippen LogP contribution >= 0.6 is 11.3 Å². The van der Waals surface area contributed by atoms with Gasteiger partial charge in [-0.15, -0.1) is 11.3 Å². The van der Waals surface area contributed by atoms with Gasteiger partial charge in [0, 0.05) is 17.7 Å². The van der Waals surface area contributed by atoms with Crippen LogP contribution in [0.15, 0.2) is 24.3 Å². The third-order valence-electron chi connectivity index (χ3n) is 4.67. The van der Waals surface area contributed by atoms with Crippen molar-refractivity contribution in [3.8, 4) is 0 Å². The van der Waals surface area contributed by atoms with Gasteiger partial charge >= 0.3 is 0 Å². The zero-order valence-corrected chi connectivity index (χ0v) is 14.6. The Hall–Kier alpha value is -2.74. The van der Waals surface area contributed by atoms with E-state index in [1.807, 2.05) is 13.8 Å². The number of aromatic nitrogens is 1. The molecule has 7 nitrogen and oxygen atoms in total. The molecule has 0 unspecified atom stereocenters. The molecule has 2 N–H and O–H groups in total.